The zero-order chi connectivity index (χ0) is 20.8. The molecule has 0 saturated heterocycles. The van der Waals surface area contributed by atoms with E-state index < -0.39 is 0 Å². The second kappa shape index (κ2) is 9.93. The first-order valence-electron chi connectivity index (χ1n) is 9.63. The normalized spacial score (nSPS) is 12.1. The van der Waals surface area contributed by atoms with E-state index in [0.717, 1.165) is 33.9 Å². The fraction of sp³-hybridized carbons (Fsp3) is 0.381. The summed E-state index contributed by atoms with van der Waals surface area (Å²) < 4.78 is 0. The Morgan fingerprint density at radius 3 is 2.76 bits per heavy atom. The van der Waals surface area contributed by atoms with E-state index in [-0.39, 0.29) is 16.7 Å². The maximum atomic E-state index is 12.3. The zero-order valence-corrected chi connectivity index (χ0v) is 18.5. The van der Waals surface area contributed by atoms with Crippen LogP contribution in [-0.4, -0.2) is 34.2 Å². The van der Waals surface area contributed by atoms with Gasteiger partial charge in [-0.1, -0.05) is 18.2 Å². The Bertz CT molecular complexity index is 1030. The Kier molecular flexibility index (Phi) is 7.33. The maximum absolute atomic E-state index is 12.3. The molecule has 0 fully saturated rings. The summed E-state index contributed by atoms with van der Waals surface area (Å²) in [5.74, 6) is 1.10. The number of amides is 1. The Morgan fingerprint density at radius 1 is 1.24 bits per heavy atom. The van der Waals surface area contributed by atoms with E-state index >= 15 is 0 Å². The molecule has 3 N–H and O–H groups in total. The Morgan fingerprint density at radius 2 is 2.00 bits per heavy atom. The molecule has 29 heavy (non-hydrogen) atoms. The van der Waals surface area contributed by atoms with Crippen LogP contribution in [0.15, 0.2) is 35.1 Å². The van der Waals surface area contributed by atoms with Crippen LogP contribution in [0.25, 0.3) is 10.2 Å². The first kappa shape index (κ1) is 21.4. The van der Waals surface area contributed by atoms with Gasteiger partial charge in [0.05, 0.1) is 16.4 Å². The van der Waals surface area contributed by atoms with Crippen LogP contribution in [0.1, 0.15) is 29.6 Å². The summed E-state index contributed by atoms with van der Waals surface area (Å²) >= 11 is 3.01. The van der Waals surface area contributed by atoms with Crippen LogP contribution in [0.2, 0.25) is 0 Å². The van der Waals surface area contributed by atoms with Crippen molar-refractivity contribution in [1.82, 2.24) is 15.3 Å². The number of hydrogen-bond donors (Lipinski definition) is 3. The average molecular weight is 431 g/mol. The van der Waals surface area contributed by atoms with Gasteiger partial charge in [-0.25, -0.2) is 4.98 Å². The van der Waals surface area contributed by atoms with E-state index in [1.54, 1.807) is 0 Å². The standard InChI is InChI=1S/C21H26N4O2S2/c1-13-14(2)29-21-18(13)20(27)24-17(25-21)12-28-15(3)19(26)23-11-7-10-22-16-8-5-4-6-9-16/h4-6,8-9,15,22H,7,10-12H2,1-3H3,(H,23,26)(H,24,25,27). The van der Waals surface area contributed by atoms with E-state index in [1.807, 2.05) is 51.1 Å². The third-order valence-corrected chi connectivity index (χ3v) is 6.94. The van der Waals surface area contributed by atoms with Crippen LogP contribution in [-0.2, 0) is 10.5 Å². The fourth-order valence-electron chi connectivity index (χ4n) is 2.88. The van der Waals surface area contributed by atoms with Gasteiger partial charge in [-0.2, -0.15) is 0 Å². The zero-order valence-electron chi connectivity index (χ0n) is 16.9. The molecule has 0 radical (unpaired) electrons. The molecule has 2 aromatic heterocycles. The molecule has 154 valence electrons. The van der Waals surface area contributed by atoms with Gasteiger partial charge in [0.1, 0.15) is 10.7 Å². The van der Waals surface area contributed by atoms with E-state index in [9.17, 15) is 9.59 Å². The van der Waals surface area contributed by atoms with Crippen molar-refractivity contribution in [2.24, 2.45) is 0 Å². The van der Waals surface area contributed by atoms with Gasteiger partial charge in [0.25, 0.3) is 5.56 Å². The highest BCUT2D eigenvalue weighted by Gasteiger charge is 2.15. The quantitative estimate of drug-likeness (QED) is 0.449. The smallest absolute Gasteiger partial charge is 0.259 e. The van der Waals surface area contributed by atoms with Crippen molar-refractivity contribution in [1.29, 1.82) is 0 Å². The molecule has 1 aromatic carbocycles. The SMILES string of the molecule is Cc1sc2nc(CSC(C)C(=O)NCCCNc3ccccc3)[nH]c(=O)c2c1C. The number of para-hydroxylation sites is 1. The number of rotatable bonds is 9. The summed E-state index contributed by atoms with van der Waals surface area (Å²) in [7, 11) is 0. The monoisotopic (exact) mass is 430 g/mol. The van der Waals surface area contributed by atoms with Gasteiger partial charge in [-0.3, -0.25) is 9.59 Å². The van der Waals surface area contributed by atoms with E-state index in [4.69, 9.17) is 0 Å². The van der Waals surface area contributed by atoms with E-state index in [1.165, 1.54) is 23.1 Å². The number of hydrogen-bond acceptors (Lipinski definition) is 6. The van der Waals surface area contributed by atoms with Crippen molar-refractivity contribution >= 4 is 44.9 Å². The first-order valence-corrected chi connectivity index (χ1v) is 11.5. The van der Waals surface area contributed by atoms with Gasteiger partial charge in [0.2, 0.25) is 5.91 Å². The molecule has 6 nitrogen and oxygen atoms in total. The minimum atomic E-state index is -0.218. The number of fused-ring (bicyclic) bond motifs is 1. The second-order valence-electron chi connectivity index (χ2n) is 6.87. The Balaban J connectivity index is 1.43. The van der Waals surface area contributed by atoms with Crippen molar-refractivity contribution in [2.45, 2.75) is 38.2 Å². The molecule has 1 atom stereocenters. The summed E-state index contributed by atoms with van der Waals surface area (Å²) in [4.78, 5) is 33.9. The third kappa shape index (κ3) is 5.61. The molecule has 1 amide bonds. The van der Waals surface area contributed by atoms with Gasteiger partial charge in [0, 0.05) is 23.7 Å². The largest absolute Gasteiger partial charge is 0.385 e. The number of aromatic amines is 1. The summed E-state index contributed by atoms with van der Waals surface area (Å²) in [5, 5.41) is 6.75. The van der Waals surface area contributed by atoms with Gasteiger partial charge in [-0.15, -0.1) is 23.1 Å². The summed E-state index contributed by atoms with van der Waals surface area (Å²) in [6, 6.07) is 10.0. The number of aromatic nitrogens is 2. The maximum Gasteiger partial charge on any atom is 0.259 e. The Hall–Kier alpha value is -2.32. The number of carbonyl (C=O) groups excluding carboxylic acids is 1. The molecule has 0 bridgehead atoms. The van der Waals surface area contributed by atoms with Gasteiger partial charge in [0.15, 0.2) is 0 Å². The molecule has 8 heteroatoms. The number of carbonyl (C=O) groups is 1. The number of anilines is 1. The average Bonchev–Trinajstić information content (AvgIpc) is 3.00. The molecule has 0 spiro atoms. The molecule has 0 aliphatic carbocycles. The summed E-state index contributed by atoms with van der Waals surface area (Å²) in [5.41, 5.74) is 1.97. The predicted molar refractivity (Wildman–Crippen MR) is 123 cm³/mol. The molecule has 1 unspecified atom stereocenters. The highest BCUT2D eigenvalue weighted by molar-refractivity contribution is 7.99. The predicted octanol–water partition coefficient (Wildman–Crippen LogP) is 3.84. The molecular formula is C21H26N4O2S2. The molecule has 3 aromatic rings. The highest BCUT2D eigenvalue weighted by atomic mass is 32.2. The van der Waals surface area contributed by atoms with Crippen LogP contribution in [0, 0.1) is 13.8 Å². The van der Waals surface area contributed by atoms with Crippen LogP contribution in [0.5, 0.6) is 0 Å². The van der Waals surface area contributed by atoms with Crippen molar-refractivity contribution in [2.75, 3.05) is 18.4 Å². The lowest BCUT2D eigenvalue weighted by Gasteiger charge is -2.12. The Labute approximate surface area is 178 Å². The lowest BCUT2D eigenvalue weighted by molar-refractivity contribution is -0.120. The number of nitrogens with zero attached hydrogens (tertiary/aromatic N) is 1. The van der Waals surface area contributed by atoms with Crippen molar-refractivity contribution in [3.63, 3.8) is 0 Å². The fourth-order valence-corrected chi connectivity index (χ4v) is 4.71. The number of H-pyrrole nitrogens is 1. The molecular weight excluding hydrogens is 404 g/mol. The number of aryl methyl sites for hydroxylation is 2. The lowest BCUT2D eigenvalue weighted by Crippen LogP contribution is -2.32. The van der Waals surface area contributed by atoms with E-state index in [2.05, 4.69) is 20.6 Å². The molecule has 3 rings (SSSR count). The molecule has 0 aliphatic heterocycles. The number of nitrogens with one attached hydrogen (secondary N) is 3. The van der Waals surface area contributed by atoms with Crippen LogP contribution < -0.4 is 16.2 Å². The summed E-state index contributed by atoms with van der Waals surface area (Å²) in [6.45, 7) is 7.24. The highest BCUT2D eigenvalue weighted by Crippen LogP contribution is 2.26. The molecule has 0 saturated carbocycles. The van der Waals surface area contributed by atoms with Gasteiger partial charge in [-0.05, 0) is 44.9 Å². The van der Waals surface area contributed by atoms with Crippen LogP contribution in [0.4, 0.5) is 5.69 Å². The number of thioether (sulfide) groups is 1. The van der Waals surface area contributed by atoms with Gasteiger partial charge >= 0.3 is 0 Å². The van der Waals surface area contributed by atoms with Crippen molar-refractivity contribution in [3.8, 4) is 0 Å². The molecule has 0 aliphatic rings. The lowest BCUT2D eigenvalue weighted by atomic mass is 10.2. The van der Waals surface area contributed by atoms with E-state index in [0.29, 0.717) is 23.5 Å². The van der Waals surface area contributed by atoms with Crippen LogP contribution in [0.3, 0.4) is 0 Å². The third-order valence-electron chi connectivity index (χ3n) is 4.68. The minimum Gasteiger partial charge on any atom is -0.385 e. The second-order valence-corrected chi connectivity index (χ2v) is 9.40. The number of thiophene rings is 1. The first-order chi connectivity index (χ1) is 14.0. The van der Waals surface area contributed by atoms with Crippen molar-refractivity contribution in [3.05, 3.63) is 57.0 Å². The topological polar surface area (TPSA) is 86.9 Å². The van der Waals surface area contributed by atoms with Gasteiger partial charge < -0.3 is 15.6 Å². The molecule has 2 heterocycles. The van der Waals surface area contributed by atoms with Crippen LogP contribution >= 0.6 is 23.1 Å². The summed E-state index contributed by atoms with van der Waals surface area (Å²) in [6.07, 6.45) is 0.848. The minimum absolute atomic E-state index is 0.000878. The number of benzene rings is 1. The van der Waals surface area contributed by atoms with Crippen molar-refractivity contribution < 1.29 is 4.79 Å².